The maximum atomic E-state index is 13.4. The monoisotopic (exact) mass is 558 g/mol. The summed E-state index contributed by atoms with van der Waals surface area (Å²) in [6.07, 6.45) is 5.46. The van der Waals surface area contributed by atoms with Crippen molar-refractivity contribution in [3.05, 3.63) is 42.1 Å². The van der Waals surface area contributed by atoms with Gasteiger partial charge in [-0.2, -0.15) is 0 Å². The quantitative estimate of drug-likeness (QED) is 0.435. The van der Waals surface area contributed by atoms with Crippen molar-refractivity contribution in [3.8, 4) is 11.6 Å². The first-order valence-electron chi connectivity index (χ1n) is 14.4. The predicted molar refractivity (Wildman–Crippen MR) is 151 cm³/mol. The van der Waals surface area contributed by atoms with Crippen molar-refractivity contribution in [2.45, 2.75) is 71.4 Å². The molecule has 0 bridgehead atoms. The van der Waals surface area contributed by atoms with Gasteiger partial charge in [0.1, 0.15) is 11.8 Å². The summed E-state index contributed by atoms with van der Waals surface area (Å²) in [5.74, 6) is 0.0192. The van der Waals surface area contributed by atoms with Gasteiger partial charge < -0.3 is 9.64 Å². The number of benzene rings is 2. The molecule has 0 radical (unpaired) electrons. The number of carbonyl (C=O) groups is 4. The van der Waals surface area contributed by atoms with Crippen LogP contribution in [0.25, 0.3) is 10.8 Å². The third-order valence-electron chi connectivity index (χ3n) is 9.12. The smallest absolute Gasteiger partial charge is 0.259 e. The number of ether oxygens (including phenoxy) is 1. The molecule has 3 aliphatic rings. The molecule has 0 aliphatic carbocycles. The van der Waals surface area contributed by atoms with E-state index in [1.165, 1.54) is 4.90 Å². The first kappa shape index (κ1) is 26.9. The molecule has 1 N–H and O–H groups in total. The molecule has 11 nitrogen and oxygen atoms in total. The molecular weight excluding hydrogens is 524 g/mol. The molecule has 6 rings (SSSR count). The van der Waals surface area contributed by atoms with E-state index in [2.05, 4.69) is 29.5 Å². The molecule has 4 heterocycles. The van der Waals surface area contributed by atoms with Crippen LogP contribution in [0.4, 0.5) is 5.69 Å². The van der Waals surface area contributed by atoms with Crippen molar-refractivity contribution in [3.63, 3.8) is 0 Å². The first-order valence-corrected chi connectivity index (χ1v) is 14.4. The van der Waals surface area contributed by atoms with Crippen LogP contribution in [0, 0.1) is 5.41 Å². The lowest BCUT2D eigenvalue weighted by molar-refractivity contribution is -0.143. The van der Waals surface area contributed by atoms with Crippen molar-refractivity contribution in [1.29, 1.82) is 0 Å². The van der Waals surface area contributed by atoms with E-state index in [-0.39, 0.29) is 42.0 Å². The molecule has 0 saturated carbocycles. The number of nitrogens with zero attached hydrogens (tertiary/aromatic N) is 5. The molecule has 11 heteroatoms. The average Bonchev–Trinajstić information content (AvgIpc) is 3.57. The van der Waals surface area contributed by atoms with Crippen LogP contribution in [0.15, 0.2) is 36.5 Å². The molecule has 3 aliphatic heterocycles. The molecule has 214 valence electrons. The van der Waals surface area contributed by atoms with Crippen LogP contribution in [-0.2, 0) is 14.4 Å². The Bertz CT molecular complexity index is 1550. The third-order valence-corrected chi connectivity index (χ3v) is 9.12. The predicted octanol–water partition coefficient (Wildman–Crippen LogP) is 3.98. The number of anilines is 1. The van der Waals surface area contributed by atoms with Crippen molar-refractivity contribution in [1.82, 2.24) is 25.2 Å². The van der Waals surface area contributed by atoms with Crippen molar-refractivity contribution < 1.29 is 23.9 Å². The summed E-state index contributed by atoms with van der Waals surface area (Å²) in [5.41, 5.74) is 0.791. The first-order chi connectivity index (χ1) is 19.7. The summed E-state index contributed by atoms with van der Waals surface area (Å²) in [5, 5.41) is 12.3. The van der Waals surface area contributed by atoms with Crippen LogP contribution in [-0.4, -0.2) is 62.7 Å². The van der Waals surface area contributed by atoms with Crippen LogP contribution in [0.5, 0.6) is 11.6 Å². The number of piperidine rings is 2. The SMILES string of the molecule is CCC(C)(CC)C(=O)N1CCC(n2cc(Oc3ccc4c5c(cccc35)C(=O)N4C3CCC(=O)NC3=O)nn2)CC1. The van der Waals surface area contributed by atoms with Gasteiger partial charge in [-0.25, -0.2) is 4.68 Å². The lowest BCUT2D eigenvalue weighted by Gasteiger charge is -2.37. The van der Waals surface area contributed by atoms with Gasteiger partial charge in [-0.15, -0.1) is 0 Å². The molecule has 3 aromatic rings. The minimum Gasteiger partial charge on any atom is -0.436 e. The molecule has 2 aromatic carbocycles. The van der Waals surface area contributed by atoms with Gasteiger partial charge in [0.05, 0.1) is 17.9 Å². The van der Waals surface area contributed by atoms with Gasteiger partial charge in [0.2, 0.25) is 17.7 Å². The Balaban J connectivity index is 1.19. The number of hydrogen-bond acceptors (Lipinski definition) is 7. The maximum absolute atomic E-state index is 13.4. The fourth-order valence-corrected chi connectivity index (χ4v) is 6.17. The van der Waals surface area contributed by atoms with Crippen LogP contribution in [0.3, 0.4) is 0 Å². The number of amides is 4. The number of likely N-dealkylation sites (tertiary alicyclic amines) is 1. The summed E-state index contributed by atoms with van der Waals surface area (Å²) in [6.45, 7) is 7.55. The highest BCUT2D eigenvalue weighted by Crippen LogP contribution is 2.44. The maximum Gasteiger partial charge on any atom is 0.259 e. The van der Waals surface area contributed by atoms with Crippen molar-refractivity contribution in [2.24, 2.45) is 5.41 Å². The van der Waals surface area contributed by atoms with Crippen LogP contribution in [0.2, 0.25) is 0 Å². The Hall–Kier alpha value is -4.28. The molecule has 2 fully saturated rings. The lowest BCUT2D eigenvalue weighted by Crippen LogP contribution is -2.53. The van der Waals surface area contributed by atoms with Gasteiger partial charge in [-0.3, -0.25) is 29.4 Å². The second-order valence-corrected chi connectivity index (χ2v) is 11.4. The van der Waals surface area contributed by atoms with Crippen LogP contribution in [0.1, 0.15) is 75.7 Å². The second-order valence-electron chi connectivity index (χ2n) is 11.4. The van der Waals surface area contributed by atoms with Crippen molar-refractivity contribution in [2.75, 3.05) is 18.0 Å². The van der Waals surface area contributed by atoms with Gasteiger partial charge in [-0.1, -0.05) is 43.2 Å². The molecule has 2 saturated heterocycles. The Morgan fingerprint density at radius 3 is 2.54 bits per heavy atom. The third kappa shape index (κ3) is 4.53. The number of aromatic nitrogens is 3. The Morgan fingerprint density at radius 1 is 1.07 bits per heavy atom. The van der Waals surface area contributed by atoms with E-state index in [1.807, 2.05) is 22.6 Å². The summed E-state index contributed by atoms with van der Waals surface area (Å²) in [4.78, 5) is 54.2. The zero-order valence-electron chi connectivity index (χ0n) is 23.6. The Morgan fingerprint density at radius 2 is 1.83 bits per heavy atom. The molecular formula is C30H34N6O5. The van der Waals surface area contributed by atoms with E-state index in [0.29, 0.717) is 41.4 Å². The summed E-state index contributed by atoms with van der Waals surface area (Å²) in [6, 6.07) is 8.30. The second kappa shape index (κ2) is 10.3. The normalized spacial score (nSPS) is 19.7. The summed E-state index contributed by atoms with van der Waals surface area (Å²) >= 11 is 0. The number of rotatable bonds is 7. The van der Waals surface area contributed by atoms with Crippen LogP contribution >= 0.6 is 0 Å². The molecule has 1 aromatic heterocycles. The van der Waals surface area contributed by atoms with Gasteiger partial charge >= 0.3 is 0 Å². The van der Waals surface area contributed by atoms with E-state index < -0.39 is 11.9 Å². The zero-order chi connectivity index (χ0) is 28.9. The zero-order valence-corrected chi connectivity index (χ0v) is 23.6. The summed E-state index contributed by atoms with van der Waals surface area (Å²) < 4.78 is 7.98. The molecule has 1 atom stereocenters. The number of imide groups is 1. The van der Waals surface area contributed by atoms with Crippen molar-refractivity contribution >= 4 is 40.1 Å². The molecule has 4 amide bonds. The number of carbonyl (C=O) groups excluding carboxylic acids is 4. The molecule has 41 heavy (non-hydrogen) atoms. The fraction of sp³-hybridized carbons (Fsp3) is 0.467. The van der Waals surface area contributed by atoms with E-state index >= 15 is 0 Å². The minimum atomic E-state index is -0.748. The van der Waals surface area contributed by atoms with Crippen LogP contribution < -0.4 is 15.0 Å². The van der Waals surface area contributed by atoms with E-state index in [4.69, 9.17) is 4.74 Å². The van der Waals surface area contributed by atoms with E-state index in [0.717, 1.165) is 31.1 Å². The Labute approximate surface area is 237 Å². The highest BCUT2D eigenvalue weighted by Gasteiger charge is 2.41. The molecule has 0 spiro atoms. The highest BCUT2D eigenvalue weighted by atomic mass is 16.5. The van der Waals surface area contributed by atoms with E-state index in [9.17, 15) is 19.2 Å². The van der Waals surface area contributed by atoms with Gasteiger partial charge in [0.15, 0.2) is 0 Å². The number of hydrogen-bond donors (Lipinski definition) is 1. The lowest BCUT2D eigenvalue weighted by atomic mass is 9.82. The average molecular weight is 559 g/mol. The fourth-order valence-electron chi connectivity index (χ4n) is 6.17. The minimum absolute atomic E-state index is 0.117. The van der Waals surface area contributed by atoms with E-state index in [1.54, 1.807) is 30.5 Å². The largest absolute Gasteiger partial charge is 0.436 e. The van der Waals surface area contributed by atoms with Gasteiger partial charge in [0, 0.05) is 41.3 Å². The summed E-state index contributed by atoms with van der Waals surface area (Å²) in [7, 11) is 0. The van der Waals surface area contributed by atoms with Gasteiger partial charge in [0.25, 0.3) is 11.8 Å². The highest BCUT2D eigenvalue weighted by molar-refractivity contribution is 6.27. The number of nitrogens with one attached hydrogen (secondary N) is 1. The van der Waals surface area contributed by atoms with Gasteiger partial charge in [-0.05, 0) is 50.3 Å². The Kier molecular flexibility index (Phi) is 6.75. The topological polar surface area (TPSA) is 127 Å². The molecule has 1 unspecified atom stereocenters. The standard InChI is InChI=1S/C30H34N6O5/c1-4-30(3,5-2)29(40)34-15-13-18(14-16-34)35-17-25(32-33-35)41-23-11-9-21-26-19(23)7-6-8-20(26)28(39)36(21)22-10-12-24(37)31-27(22)38/h6-9,11,17-18,22H,4-5,10,12-16H2,1-3H3,(H,31,37,38).